The topological polar surface area (TPSA) is 46.1 Å². The molecule has 0 fully saturated rings. The maximum absolute atomic E-state index is 4.82. The number of ether oxygens (including phenoxy) is 1. The van der Waals surface area contributed by atoms with E-state index < -0.39 is 0 Å². The average molecular weight is 143 g/mol. The molecule has 5 heteroatoms. The van der Waals surface area contributed by atoms with E-state index in [0.717, 1.165) is 0 Å². The Bertz CT molecular complexity index is 166. The van der Waals surface area contributed by atoms with Gasteiger partial charge in [0.1, 0.15) is 12.5 Å². The molecular weight excluding hydrogens is 134 g/mol. The number of nitrogens with one attached hydrogen (secondary N) is 1. The molecule has 0 amide bonds. The van der Waals surface area contributed by atoms with E-state index in [9.17, 15) is 0 Å². The zero-order valence-electron chi connectivity index (χ0n) is 5.87. The third kappa shape index (κ3) is 1.38. The molecule has 0 spiro atoms. The van der Waals surface area contributed by atoms with Crippen LogP contribution in [0, 0.1) is 0 Å². The largest absolute Gasteiger partial charge is 0.480 e. The van der Waals surface area contributed by atoms with Crippen LogP contribution >= 0.6 is 0 Å². The molecule has 10 heavy (non-hydrogen) atoms. The second-order valence-corrected chi connectivity index (χ2v) is 1.57. The number of hydrogen-bond donors (Lipinski definition) is 1. The fourth-order valence-electron chi connectivity index (χ4n) is 0.531. The van der Waals surface area contributed by atoms with Crippen molar-refractivity contribution >= 4 is 6.34 Å². The van der Waals surface area contributed by atoms with E-state index >= 15 is 0 Å². The molecule has 0 unspecified atom stereocenters. The van der Waals surface area contributed by atoms with E-state index in [1.165, 1.54) is 18.6 Å². The third-order valence-electron chi connectivity index (χ3n) is 1.01. The van der Waals surface area contributed by atoms with Crippen LogP contribution in [0.15, 0.2) is 17.1 Å². The van der Waals surface area contributed by atoms with Crippen molar-refractivity contribution < 1.29 is 9.57 Å². The Labute approximate surface area is 58.9 Å². The molecule has 0 bridgehead atoms. The van der Waals surface area contributed by atoms with Crippen LogP contribution in [0.1, 0.15) is 0 Å². The van der Waals surface area contributed by atoms with Crippen molar-refractivity contribution in [2.45, 2.75) is 0 Å². The summed E-state index contributed by atoms with van der Waals surface area (Å²) in [7, 11) is 3.08. The lowest BCUT2D eigenvalue weighted by molar-refractivity contribution is -0.115. The summed E-state index contributed by atoms with van der Waals surface area (Å²) in [5.74, 6) is 0.501. The molecule has 0 aromatic rings. The molecule has 1 N–H and O–H groups in total. The van der Waals surface area contributed by atoms with Gasteiger partial charge < -0.3 is 4.74 Å². The summed E-state index contributed by atoms with van der Waals surface area (Å²) >= 11 is 0. The van der Waals surface area contributed by atoms with Crippen LogP contribution in [0.2, 0.25) is 0 Å². The molecule has 1 aliphatic rings. The SMILES string of the molecule is COC1=CN(OC)NC=N1. The number of aliphatic imine (C=N–C) groups is 1. The summed E-state index contributed by atoms with van der Waals surface area (Å²) in [4.78, 5) is 8.62. The van der Waals surface area contributed by atoms with Gasteiger partial charge in [-0.1, -0.05) is 0 Å². The molecule has 1 heterocycles. The molecule has 0 saturated heterocycles. The van der Waals surface area contributed by atoms with E-state index in [2.05, 4.69) is 10.4 Å². The van der Waals surface area contributed by atoms with E-state index in [1.807, 2.05) is 0 Å². The van der Waals surface area contributed by atoms with Gasteiger partial charge in [-0.2, -0.15) is 5.17 Å². The number of methoxy groups -OCH3 is 1. The highest BCUT2D eigenvalue weighted by molar-refractivity contribution is 5.56. The van der Waals surface area contributed by atoms with Crippen molar-refractivity contribution in [3.8, 4) is 0 Å². The van der Waals surface area contributed by atoms with Crippen molar-refractivity contribution in [1.82, 2.24) is 10.6 Å². The molecular formula is C5H9N3O2. The first kappa shape index (κ1) is 6.88. The van der Waals surface area contributed by atoms with Crippen LogP contribution < -0.4 is 5.43 Å². The van der Waals surface area contributed by atoms with Gasteiger partial charge in [0.25, 0.3) is 0 Å². The Morgan fingerprint density at radius 1 is 1.60 bits per heavy atom. The second kappa shape index (κ2) is 3.07. The fourth-order valence-corrected chi connectivity index (χ4v) is 0.531. The Hall–Kier alpha value is -1.23. The molecule has 0 saturated carbocycles. The van der Waals surface area contributed by atoms with Gasteiger partial charge >= 0.3 is 0 Å². The first-order valence-corrected chi connectivity index (χ1v) is 2.74. The zero-order valence-corrected chi connectivity index (χ0v) is 5.87. The minimum Gasteiger partial charge on any atom is -0.480 e. The Morgan fingerprint density at radius 3 is 3.00 bits per heavy atom. The van der Waals surface area contributed by atoms with E-state index in [4.69, 9.17) is 9.57 Å². The summed E-state index contributed by atoms with van der Waals surface area (Å²) in [6, 6.07) is 0. The van der Waals surface area contributed by atoms with Gasteiger partial charge in [-0.15, -0.1) is 0 Å². The van der Waals surface area contributed by atoms with Crippen LogP contribution in [0.5, 0.6) is 0 Å². The normalized spacial score (nSPS) is 16.2. The molecule has 0 aromatic heterocycles. The molecule has 0 aromatic carbocycles. The van der Waals surface area contributed by atoms with Gasteiger partial charge in [0, 0.05) is 0 Å². The van der Waals surface area contributed by atoms with Gasteiger partial charge in [0.05, 0.1) is 14.2 Å². The number of nitrogens with zero attached hydrogens (tertiary/aromatic N) is 2. The van der Waals surface area contributed by atoms with Gasteiger partial charge in [0.2, 0.25) is 5.88 Å². The quantitative estimate of drug-likeness (QED) is 0.583. The Kier molecular flexibility index (Phi) is 2.11. The van der Waals surface area contributed by atoms with Gasteiger partial charge in [-0.25, -0.2) is 4.99 Å². The predicted molar refractivity (Wildman–Crippen MR) is 35.6 cm³/mol. The molecule has 1 aliphatic heterocycles. The lowest BCUT2D eigenvalue weighted by Gasteiger charge is -2.19. The second-order valence-electron chi connectivity index (χ2n) is 1.57. The van der Waals surface area contributed by atoms with Gasteiger partial charge in [0.15, 0.2) is 0 Å². The summed E-state index contributed by atoms with van der Waals surface area (Å²) in [5, 5.41) is 1.38. The highest BCUT2D eigenvalue weighted by Gasteiger charge is 2.02. The van der Waals surface area contributed by atoms with Crippen LogP contribution in [0.3, 0.4) is 0 Å². The van der Waals surface area contributed by atoms with Crippen LogP contribution in [0.4, 0.5) is 0 Å². The first-order chi connectivity index (χ1) is 4.86. The summed E-state index contributed by atoms with van der Waals surface area (Å²) < 4.78 is 4.82. The fraction of sp³-hybridized carbons (Fsp3) is 0.400. The highest BCUT2D eigenvalue weighted by atomic mass is 16.7. The maximum Gasteiger partial charge on any atom is 0.235 e. The maximum atomic E-state index is 4.82. The van der Waals surface area contributed by atoms with Crippen LogP contribution in [-0.4, -0.2) is 25.7 Å². The number of hydrazine groups is 1. The van der Waals surface area contributed by atoms with Crippen LogP contribution in [0.25, 0.3) is 0 Å². The zero-order chi connectivity index (χ0) is 7.40. The lowest BCUT2D eigenvalue weighted by Crippen LogP contribution is -2.33. The van der Waals surface area contributed by atoms with E-state index in [0.29, 0.717) is 5.88 Å². The molecule has 0 aliphatic carbocycles. The highest BCUT2D eigenvalue weighted by Crippen LogP contribution is 2.01. The lowest BCUT2D eigenvalue weighted by atomic mass is 10.8. The predicted octanol–water partition coefficient (Wildman–Crippen LogP) is -0.158. The van der Waals surface area contributed by atoms with Crippen molar-refractivity contribution in [2.24, 2.45) is 4.99 Å². The van der Waals surface area contributed by atoms with Crippen LogP contribution in [-0.2, 0) is 9.57 Å². The average Bonchev–Trinajstić information content (AvgIpc) is 2.05. The van der Waals surface area contributed by atoms with Crippen molar-refractivity contribution in [3.05, 3.63) is 12.1 Å². The van der Waals surface area contributed by atoms with Crippen molar-refractivity contribution in [3.63, 3.8) is 0 Å². The van der Waals surface area contributed by atoms with Crippen molar-refractivity contribution in [2.75, 3.05) is 14.2 Å². The minimum atomic E-state index is 0.501. The third-order valence-corrected chi connectivity index (χ3v) is 1.01. The molecule has 56 valence electrons. The summed E-state index contributed by atoms with van der Waals surface area (Å²) in [6.45, 7) is 0. The van der Waals surface area contributed by atoms with Gasteiger partial charge in [-0.3, -0.25) is 10.3 Å². The van der Waals surface area contributed by atoms with Gasteiger partial charge in [-0.05, 0) is 0 Å². The number of rotatable bonds is 2. The molecule has 0 atom stereocenters. The first-order valence-electron chi connectivity index (χ1n) is 2.74. The summed E-state index contributed by atoms with van der Waals surface area (Å²) in [6.07, 6.45) is 3.06. The number of hydroxylamine groups is 1. The Morgan fingerprint density at radius 2 is 2.40 bits per heavy atom. The van der Waals surface area contributed by atoms with Crippen molar-refractivity contribution in [1.29, 1.82) is 0 Å². The summed E-state index contributed by atoms with van der Waals surface area (Å²) in [5.41, 5.74) is 2.70. The Balaban J connectivity index is 2.56. The smallest absolute Gasteiger partial charge is 0.235 e. The standard InChI is InChI=1S/C5H9N3O2/c1-9-5-3-8(10-2)7-4-6-5/h3-4H,1-2H3,(H,6,7). The van der Waals surface area contributed by atoms with E-state index in [-0.39, 0.29) is 0 Å². The number of hydrogen-bond acceptors (Lipinski definition) is 5. The monoisotopic (exact) mass is 143 g/mol. The molecule has 1 rings (SSSR count). The minimum absolute atomic E-state index is 0.501. The molecule has 0 radical (unpaired) electrons. The molecule has 5 nitrogen and oxygen atoms in total. The van der Waals surface area contributed by atoms with E-state index in [1.54, 1.807) is 13.3 Å².